The van der Waals surface area contributed by atoms with Crippen LogP contribution in [-0.4, -0.2) is 10.1 Å². The third kappa shape index (κ3) is 2.77. The van der Waals surface area contributed by atoms with Crippen molar-refractivity contribution >= 4 is 11.6 Å². The summed E-state index contributed by atoms with van der Waals surface area (Å²) in [6.07, 6.45) is 0. The van der Waals surface area contributed by atoms with Gasteiger partial charge >= 0.3 is 0 Å². The molecule has 1 heterocycles. The normalized spacial score (nSPS) is 13.6. The number of rotatable bonds is 2. The molecule has 0 saturated carbocycles. The molecular formula is C13H15ClFN3O. The van der Waals surface area contributed by atoms with Crippen molar-refractivity contribution < 1.29 is 8.91 Å². The molecule has 0 spiro atoms. The topological polar surface area (TPSA) is 64.9 Å². The van der Waals surface area contributed by atoms with Crippen LogP contribution in [0.4, 0.5) is 4.39 Å². The van der Waals surface area contributed by atoms with Crippen molar-refractivity contribution in [3.05, 3.63) is 34.9 Å². The summed E-state index contributed by atoms with van der Waals surface area (Å²) in [6, 6.07) is 4.21. The molecule has 0 fully saturated rings. The van der Waals surface area contributed by atoms with Crippen molar-refractivity contribution in [1.82, 2.24) is 10.1 Å². The number of aromatic nitrogens is 2. The van der Waals surface area contributed by atoms with Gasteiger partial charge in [-0.3, -0.25) is 0 Å². The largest absolute Gasteiger partial charge is 0.334 e. The van der Waals surface area contributed by atoms with Crippen LogP contribution in [0.25, 0.3) is 11.5 Å². The van der Waals surface area contributed by atoms with Crippen molar-refractivity contribution in [1.29, 1.82) is 0 Å². The van der Waals surface area contributed by atoms with E-state index in [2.05, 4.69) is 10.1 Å². The Labute approximate surface area is 115 Å². The molecule has 102 valence electrons. The second-order valence-corrected chi connectivity index (χ2v) is 5.81. The number of benzene rings is 1. The molecule has 2 aromatic rings. The molecule has 4 nitrogen and oxygen atoms in total. The van der Waals surface area contributed by atoms with Crippen molar-refractivity contribution in [3.8, 4) is 11.5 Å². The van der Waals surface area contributed by atoms with E-state index in [-0.39, 0.29) is 21.9 Å². The summed E-state index contributed by atoms with van der Waals surface area (Å²) in [5.41, 5.74) is 5.99. The SMILES string of the molecule is CC(C)(C)C(N)c1noc(-c2cccc(Cl)c2F)n1. The number of hydrogen-bond donors (Lipinski definition) is 1. The van der Waals surface area contributed by atoms with Crippen molar-refractivity contribution in [2.24, 2.45) is 11.1 Å². The molecule has 0 saturated heterocycles. The van der Waals surface area contributed by atoms with Gasteiger partial charge in [0.2, 0.25) is 0 Å². The fourth-order valence-corrected chi connectivity index (χ4v) is 1.70. The molecule has 1 unspecified atom stereocenters. The first-order chi connectivity index (χ1) is 8.80. The lowest BCUT2D eigenvalue weighted by Crippen LogP contribution is -2.27. The van der Waals surface area contributed by atoms with E-state index in [9.17, 15) is 4.39 Å². The quantitative estimate of drug-likeness (QED) is 0.915. The van der Waals surface area contributed by atoms with E-state index in [0.717, 1.165) is 0 Å². The Morgan fingerprint density at radius 2 is 2.05 bits per heavy atom. The van der Waals surface area contributed by atoms with Gasteiger partial charge < -0.3 is 10.3 Å². The van der Waals surface area contributed by atoms with Gasteiger partial charge in [-0.25, -0.2) is 4.39 Å². The van der Waals surface area contributed by atoms with E-state index < -0.39 is 11.9 Å². The van der Waals surface area contributed by atoms with Gasteiger partial charge in [0.25, 0.3) is 5.89 Å². The Morgan fingerprint density at radius 1 is 1.37 bits per heavy atom. The first kappa shape index (κ1) is 14.0. The van der Waals surface area contributed by atoms with Crippen LogP contribution < -0.4 is 5.73 Å². The molecule has 0 amide bonds. The molecule has 2 N–H and O–H groups in total. The van der Waals surface area contributed by atoms with E-state index >= 15 is 0 Å². The predicted octanol–water partition coefficient (Wildman–Crippen LogP) is 3.58. The zero-order valence-corrected chi connectivity index (χ0v) is 11.7. The van der Waals surface area contributed by atoms with Crippen LogP contribution in [0.2, 0.25) is 5.02 Å². The van der Waals surface area contributed by atoms with Crippen LogP contribution in [0.5, 0.6) is 0 Å². The standard InChI is InChI=1S/C13H15ClFN3O/c1-13(2,3)10(16)11-17-12(19-18-11)7-5-4-6-8(14)9(7)15/h4-6,10H,16H2,1-3H3. The zero-order chi connectivity index (χ0) is 14.2. The molecule has 0 bridgehead atoms. The molecule has 0 radical (unpaired) electrons. The Hall–Kier alpha value is -1.46. The maximum absolute atomic E-state index is 13.8. The first-order valence-corrected chi connectivity index (χ1v) is 6.22. The Morgan fingerprint density at radius 3 is 2.68 bits per heavy atom. The van der Waals surface area contributed by atoms with Crippen LogP contribution in [0.15, 0.2) is 22.7 Å². The third-order valence-corrected chi connectivity index (χ3v) is 3.13. The summed E-state index contributed by atoms with van der Waals surface area (Å²) in [7, 11) is 0. The van der Waals surface area contributed by atoms with Gasteiger partial charge in [-0.15, -0.1) is 0 Å². The number of nitrogens with zero attached hydrogens (tertiary/aromatic N) is 2. The molecule has 1 atom stereocenters. The van der Waals surface area contributed by atoms with E-state index in [4.69, 9.17) is 21.9 Å². The fraction of sp³-hybridized carbons (Fsp3) is 0.385. The smallest absolute Gasteiger partial charge is 0.261 e. The minimum Gasteiger partial charge on any atom is -0.334 e. The average Bonchev–Trinajstić information content (AvgIpc) is 2.79. The maximum atomic E-state index is 13.8. The van der Waals surface area contributed by atoms with E-state index in [1.54, 1.807) is 6.07 Å². The Kier molecular flexibility index (Phi) is 3.60. The monoisotopic (exact) mass is 283 g/mol. The highest BCUT2D eigenvalue weighted by Crippen LogP contribution is 2.31. The minimum atomic E-state index is -0.580. The van der Waals surface area contributed by atoms with Crippen LogP contribution in [0.1, 0.15) is 32.6 Å². The highest BCUT2D eigenvalue weighted by Gasteiger charge is 2.27. The lowest BCUT2D eigenvalue weighted by atomic mass is 9.87. The van der Waals surface area contributed by atoms with Crippen molar-refractivity contribution in [3.63, 3.8) is 0 Å². The van der Waals surface area contributed by atoms with Gasteiger partial charge in [-0.1, -0.05) is 43.6 Å². The second kappa shape index (κ2) is 4.90. The Bertz CT molecular complexity index is 592. The predicted molar refractivity (Wildman–Crippen MR) is 71.1 cm³/mol. The molecule has 0 aliphatic heterocycles. The minimum absolute atomic E-state index is 0.0115. The van der Waals surface area contributed by atoms with Gasteiger partial charge in [0.05, 0.1) is 16.6 Å². The first-order valence-electron chi connectivity index (χ1n) is 5.84. The van der Waals surface area contributed by atoms with Gasteiger partial charge in [0.15, 0.2) is 11.6 Å². The lowest BCUT2D eigenvalue weighted by molar-refractivity contribution is 0.303. The molecule has 1 aromatic heterocycles. The van der Waals surface area contributed by atoms with Gasteiger partial charge in [0, 0.05) is 0 Å². The summed E-state index contributed by atoms with van der Waals surface area (Å²) < 4.78 is 18.9. The Balaban J connectivity index is 2.39. The molecule has 6 heteroatoms. The van der Waals surface area contributed by atoms with E-state index in [1.807, 2.05) is 20.8 Å². The molecular weight excluding hydrogens is 269 g/mol. The van der Waals surface area contributed by atoms with Crippen LogP contribution in [0, 0.1) is 11.2 Å². The maximum Gasteiger partial charge on any atom is 0.261 e. The number of halogens is 2. The van der Waals surface area contributed by atoms with E-state index in [1.165, 1.54) is 12.1 Å². The zero-order valence-electron chi connectivity index (χ0n) is 10.9. The number of hydrogen-bond acceptors (Lipinski definition) is 4. The molecule has 0 aliphatic rings. The highest BCUT2D eigenvalue weighted by molar-refractivity contribution is 6.31. The van der Waals surface area contributed by atoms with E-state index in [0.29, 0.717) is 5.82 Å². The van der Waals surface area contributed by atoms with Crippen LogP contribution in [0.3, 0.4) is 0 Å². The average molecular weight is 284 g/mol. The highest BCUT2D eigenvalue weighted by atomic mass is 35.5. The summed E-state index contributed by atoms with van der Waals surface area (Å²) in [5, 5.41) is 3.82. The third-order valence-electron chi connectivity index (χ3n) is 2.83. The van der Waals surface area contributed by atoms with Crippen LogP contribution >= 0.6 is 11.6 Å². The summed E-state index contributed by atoms with van der Waals surface area (Å²) in [5.74, 6) is -0.153. The fourth-order valence-electron chi connectivity index (χ4n) is 1.53. The molecule has 19 heavy (non-hydrogen) atoms. The summed E-state index contributed by atoms with van der Waals surface area (Å²) >= 11 is 5.72. The van der Waals surface area contributed by atoms with Crippen LogP contribution in [-0.2, 0) is 0 Å². The number of nitrogens with two attached hydrogens (primary N) is 1. The van der Waals surface area contributed by atoms with Gasteiger partial charge in [-0.2, -0.15) is 4.98 Å². The summed E-state index contributed by atoms with van der Waals surface area (Å²) in [4.78, 5) is 4.15. The molecule has 1 aromatic carbocycles. The summed E-state index contributed by atoms with van der Waals surface area (Å²) in [6.45, 7) is 5.90. The molecule has 2 rings (SSSR count). The van der Waals surface area contributed by atoms with Gasteiger partial charge in [0.1, 0.15) is 0 Å². The van der Waals surface area contributed by atoms with Gasteiger partial charge in [-0.05, 0) is 17.5 Å². The second-order valence-electron chi connectivity index (χ2n) is 5.40. The van der Waals surface area contributed by atoms with Crippen molar-refractivity contribution in [2.45, 2.75) is 26.8 Å². The van der Waals surface area contributed by atoms with Crippen molar-refractivity contribution in [2.75, 3.05) is 0 Å². The lowest BCUT2D eigenvalue weighted by Gasteiger charge is -2.23. The molecule has 0 aliphatic carbocycles.